The Labute approximate surface area is 256 Å². The minimum Gasteiger partial charge on any atom is -0.508 e. The van der Waals surface area contributed by atoms with Crippen LogP contribution in [0.2, 0.25) is 0 Å². The Morgan fingerprint density at radius 1 is 0.841 bits per heavy atom. The molecule has 3 aromatic rings. The second-order valence-corrected chi connectivity index (χ2v) is 11.2. The summed E-state index contributed by atoms with van der Waals surface area (Å²) in [6.45, 7) is 5.55. The predicted molar refractivity (Wildman–Crippen MR) is 165 cm³/mol. The Hall–Kier alpha value is -4.76. The van der Waals surface area contributed by atoms with Gasteiger partial charge in [0.1, 0.15) is 17.8 Å². The summed E-state index contributed by atoms with van der Waals surface area (Å²) in [5.41, 5.74) is 3.88. The van der Waals surface area contributed by atoms with Crippen LogP contribution in [0.1, 0.15) is 43.9 Å². The molecule has 3 aliphatic rings. The molecule has 0 fully saturated rings. The number of aromatic hydroxyl groups is 1. The number of hydrogen-bond acceptors (Lipinski definition) is 9. The summed E-state index contributed by atoms with van der Waals surface area (Å²) in [7, 11) is 0. The second-order valence-electron chi connectivity index (χ2n) is 11.2. The Morgan fingerprint density at radius 3 is 2.05 bits per heavy atom. The number of nitrogens with one attached hydrogen (secondary N) is 1. The van der Waals surface area contributed by atoms with Crippen LogP contribution >= 0.6 is 0 Å². The number of phenols is 1. The number of fused-ring (bicyclic) bond motifs is 2. The van der Waals surface area contributed by atoms with E-state index in [1.54, 1.807) is 38.1 Å². The molecule has 0 aromatic heterocycles. The lowest BCUT2D eigenvalue weighted by atomic mass is 9.59. The number of ketones is 1. The van der Waals surface area contributed by atoms with E-state index in [1.165, 1.54) is 0 Å². The van der Waals surface area contributed by atoms with Gasteiger partial charge in [-0.2, -0.15) is 5.10 Å². The molecular formula is C35H35N3O6. The van der Waals surface area contributed by atoms with Crippen molar-refractivity contribution in [1.29, 1.82) is 0 Å². The zero-order valence-electron chi connectivity index (χ0n) is 24.8. The summed E-state index contributed by atoms with van der Waals surface area (Å²) in [5, 5.41) is 20.5. The number of anilines is 1. The summed E-state index contributed by atoms with van der Waals surface area (Å²) in [5.74, 6) is -5.06. The molecule has 226 valence electrons. The van der Waals surface area contributed by atoms with E-state index in [9.17, 15) is 19.5 Å². The molecule has 2 N–H and O–H groups in total. The van der Waals surface area contributed by atoms with Gasteiger partial charge in [-0.05, 0) is 61.7 Å². The average molecular weight is 594 g/mol. The molecule has 0 bridgehead atoms. The van der Waals surface area contributed by atoms with Crippen molar-refractivity contribution in [1.82, 2.24) is 5.32 Å². The minimum absolute atomic E-state index is 0.0792. The number of benzene rings is 3. The minimum atomic E-state index is -1.27. The van der Waals surface area contributed by atoms with Crippen molar-refractivity contribution in [2.45, 2.75) is 38.9 Å². The Kier molecular flexibility index (Phi) is 8.05. The predicted octanol–water partition coefficient (Wildman–Crippen LogP) is 4.90. The van der Waals surface area contributed by atoms with Crippen LogP contribution in [-0.4, -0.2) is 47.9 Å². The van der Waals surface area contributed by atoms with Crippen LogP contribution in [0.5, 0.6) is 5.75 Å². The Balaban J connectivity index is 1.63. The first-order valence-corrected chi connectivity index (χ1v) is 15.0. The molecule has 0 saturated carbocycles. The van der Waals surface area contributed by atoms with E-state index in [0.717, 1.165) is 11.4 Å². The first-order valence-electron chi connectivity index (χ1n) is 15.0. The molecule has 6 atom stereocenters. The zero-order chi connectivity index (χ0) is 31.0. The van der Waals surface area contributed by atoms with Crippen LogP contribution in [-0.2, 0) is 23.9 Å². The number of carbonyl (C=O) groups is 3. The van der Waals surface area contributed by atoms with Crippen molar-refractivity contribution >= 4 is 29.1 Å². The van der Waals surface area contributed by atoms with E-state index < -0.39 is 53.6 Å². The van der Waals surface area contributed by atoms with E-state index in [4.69, 9.17) is 14.6 Å². The van der Waals surface area contributed by atoms with Crippen molar-refractivity contribution < 1.29 is 29.0 Å². The number of rotatable bonds is 7. The Bertz CT molecular complexity index is 1620. The molecule has 0 amide bonds. The SMILES string of the molecule is CCOC(=O)C1C(=O)C2=C(C(C(=O)OCC)C1c1ccccc1)C1C(C)=NN(c3ccccc3)C1NC2c1ccc(O)cc1. The summed E-state index contributed by atoms with van der Waals surface area (Å²) in [6.07, 6.45) is -0.449. The summed E-state index contributed by atoms with van der Waals surface area (Å²) in [6, 6.07) is 24.8. The molecule has 0 radical (unpaired) electrons. The highest BCUT2D eigenvalue weighted by Gasteiger charge is 2.59. The normalized spacial score (nSPS) is 26.0. The lowest BCUT2D eigenvalue weighted by Gasteiger charge is -2.47. The van der Waals surface area contributed by atoms with E-state index in [2.05, 4.69) is 5.32 Å². The van der Waals surface area contributed by atoms with Gasteiger partial charge in [0.15, 0.2) is 5.78 Å². The molecule has 0 saturated heterocycles. The van der Waals surface area contributed by atoms with Crippen molar-refractivity contribution in [3.8, 4) is 5.75 Å². The van der Waals surface area contributed by atoms with Gasteiger partial charge in [0.2, 0.25) is 0 Å². The molecule has 6 unspecified atom stereocenters. The zero-order valence-corrected chi connectivity index (χ0v) is 24.8. The van der Waals surface area contributed by atoms with Gasteiger partial charge in [0.25, 0.3) is 0 Å². The molecule has 1 aliphatic carbocycles. The number of ether oxygens (including phenoxy) is 2. The summed E-state index contributed by atoms with van der Waals surface area (Å²) < 4.78 is 11.2. The maximum Gasteiger partial charge on any atom is 0.317 e. The number of hydrogen-bond donors (Lipinski definition) is 2. The molecule has 0 spiro atoms. The monoisotopic (exact) mass is 593 g/mol. The largest absolute Gasteiger partial charge is 0.508 e. The second kappa shape index (κ2) is 12.1. The maximum atomic E-state index is 14.8. The van der Waals surface area contributed by atoms with E-state index in [0.29, 0.717) is 22.3 Å². The average Bonchev–Trinajstić information content (AvgIpc) is 3.37. The molecular weight excluding hydrogens is 558 g/mol. The van der Waals surface area contributed by atoms with Crippen molar-refractivity contribution in [2.75, 3.05) is 18.2 Å². The maximum absolute atomic E-state index is 14.8. The van der Waals surface area contributed by atoms with Crippen molar-refractivity contribution in [2.24, 2.45) is 22.9 Å². The first-order chi connectivity index (χ1) is 21.3. The lowest BCUT2D eigenvalue weighted by molar-refractivity contribution is -0.156. The number of Topliss-reactive ketones (excluding diaryl/α,β-unsaturated/α-hetero) is 1. The molecule has 9 heteroatoms. The van der Waals surface area contributed by atoms with Gasteiger partial charge in [0, 0.05) is 17.2 Å². The number of phenolic OH excluding ortho intramolecular Hbond substituents is 1. The smallest absolute Gasteiger partial charge is 0.317 e. The lowest BCUT2D eigenvalue weighted by Crippen LogP contribution is -2.57. The highest BCUT2D eigenvalue weighted by Crippen LogP contribution is 2.54. The summed E-state index contributed by atoms with van der Waals surface area (Å²) in [4.78, 5) is 42.7. The number of para-hydroxylation sites is 1. The van der Waals surface area contributed by atoms with Crippen LogP contribution in [0.15, 0.2) is 101 Å². The van der Waals surface area contributed by atoms with E-state index in [-0.39, 0.29) is 19.0 Å². The Morgan fingerprint density at radius 2 is 1.43 bits per heavy atom. The van der Waals surface area contributed by atoms with E-state index in [1.807, 2.05) is 72.6 Å². The van der Waals surface area contributed by atoms with Crippen LogP contribution in [0, 0.1) is 17.8 Å². The fourth-order valence-electron chi connectivity index (χ4n) is 6.96. The molecule has 9 nitrogen and oxygen atoms in total. The van der Waals surface area contributed by atoms with Gasteiger partial charge in [-0.3, -0.25) is 19.7 Å². The van der Waals surface area contributed by atoms with Gasteiger partial charge in [-0.25, -0.2) is 5.01 Å². The number of esters is 2. The third-order valence-electron chi connectivity index (χ3n) is 8.68. The van der Waals surface area contributed by atoms with Crippen LogP contribution < -0.4 is 10.3 Å². The number of carbonyl (C=O) groups excluding carboxylic acids is 3. The molecule has 2 aliphatic heterocycles. The van der Waals surface area contributed by atoms with Crippen LogP contribution in [0.25, 0.3) is 0 Å². The van der Waals surface area contributed by atoms with Crippen LogP contribution in [0.4, 0.5) is 5.69 Å². The number of nitrogens with zero attached hydrogens (tertiary/aromatic N) is 2. The molecule has 3 aromatic carbocycles. The third-order valence-corrected chi connectivity index (χ3v) is 8.68. The fraction of sp³-hybridized carbons (Fsp3) is 0.314. The molecule has 2 heterocycles. The highest BCUT2D eigenvalue weighted by molar-refractivity contribution is 6.14. The third kappa shape index (κ3) is 4.97. The van der Waals surface area contributed by atoms with E-state index >= 15 is 0 Å². The van der Waals surface area contributed by atoms with Gasteiger partial charge in [-0.1, -0.05) is 60.7 Å². The van der Waals surface area contributed by atoms with Crippen LogP contribution in [0.3, 0.4) is 0 Å². The van der Waals surface area contributed by atoms with Gasteiger partial charge >= 0.3 is 11.9 Å². The van der Waals surface area contributed by atoms with Crippen molar-refractivity contribution in [3.63, 3.8) is 0 Å². The fourth-order valence-corrected chi connectivity index (χ4v) is 6.96. The van der Waals surface area contributed by atoms with Gasteiger partial charge in [-0.15, -0.1) is 0 Å². The topological polar surface area (TPSA) is 118 Å². The first kappa shape index (κ1) is 29.3. The summed E-state index contributed by atoms with van der Waals surface area (Å²) >= 11 is 0. The highest BCUT2D eigenvalue weighted by atomic mass is 16.5. The molecule has 44 heavy (non-hydrogen) atoms. The molecule has 6 rings (SSSR count). The number of hydrazone groups is 1. The van der Waals surface area contributed by atoms with Gasteiger partial charge < -0.3 is 14.6 Å². The quantitative estimate of drug-likeness (QED) is 0.294. The van der Waals surface area contributed by atoms with Crippen molar-refractivity contribution in [3.05, 3.63) is 107 Å². The van der Waals surface area contributed by atoms with Gasteiger partial charge in [0.05, 0.1) is 36.8 Å². The standard InChI is InChI=1S/C35H35N3O6/c1-4-43-34(41)28-26(21-12-8-6-9-13-21)30(35(42)44-5-2)32(40)29-27(28)25-20(3)37-38(23-14-10-7-11-15-23)33(25)36-31(29)22-16-18-24(39)19-17-22/h6-19,25-26,28,30-31,33,36,39H,4-5H2,1-3H3.